The molecule has 0 N–H and O–H groups in total. The molecule has 0 saturated carbocycles. The fraction of sp³-hybridized carbons (Fsp3) is 0.292. The number of imidazole rings is 1. The van der Waals surface area contributed by atoms with Crippen molar-refractivity contribution in [1.29, 1.82) is 0 Å². The third-order valence-corrected chi connectivity index (χ3v) is 6.04. The number of hydrogen-bond acceptors (Lipinski definition) is 5. The zero-order valence-corrected chi connectivity index (χ0v) is 18.4. The van der Waals surface area contributed by atoms with E-state index < -0.39 is 0 Å². The van der Waals surface area contributed by atoms with E-state index in [-0.39, 0.29) is 17.8 Å². The lowest BCUT2D eigenvalue weighted by Crippen LogP contribution is -2.40. The van der Waals surface area contributed by atoms with Gasteiger partial charge in [0, 0.05) is 31.9 Å². The summed E-state index contributed by atoms with van der Waals surface area (Å²) in [6.45, 7) is 3.67. The molecule has 0 bridgehead atoms. The first kappa shape index (κ1) is 20.1. The van der Waals surface area contributed by atoms with E-state index in [0.717, 1.165) is 35.5 Å². The van der Waals surface area contributed by atoms with Crippen molar-refractivity contribution in [3.05, 3.63) is 80.5 Å². The van der Waals surface area contributed by atoms with Crippen LogP contribution < -0.4 is 20.9 Å². The van der Waals surface area contributed by atoms with E-state index in [2.05, 4.69) is 4.90 Å². The fourth-order valence-corrected chi connectivity index (χ4v) is 4.30. The summed E-state index contributed by atoms with van der Waals surface area (Å²) in [7, 11) is 3.31. The van der Waals surface area contributed by atoms with Gasteiger partial charge in [0.25, 0.3) is 5.56 Å². The van der Waals surface area contributed by atoms with Crippen molar-refractivity contribution in [2.45, 2.75) is 26.4 Å². The van der Waals surface area contributed by atoms with Crippen LogP contribution in [0.4, 0.5) is 11.6 Å². The fourth-order valence-electron chi connectivity index (χ4n) is 4.30. The molecular weight excluding hydrogens is 406 g/mol. The number of nitrogens with zero attached hydrogens (tertiary/aromatic N) is 5. The lowest BCUT2D eigenvalue weighted by Gasteiger charge is -2.29. The van der Waals surface area contributed by atoms with E-state index in [0.29, 0.717) is 23.7 Å². The zero-order valence-electron chi connectivity index (χ0n) is 18.4. The summed E-state index contributed by atoms with van der Waals surface area (Å²) in [5.74, 6) is 1.42. The summed E-state index contributed by atoms with van der Waals surface area (Å²) in [5, 5.41) is 0. The molecule has 4 aromatic rings. The number of benzene rings is 2. The van der Waals surface area contributed by atoms with Gasteiger partial charge in [-0.1, -0.05) is 35.9 Å². The largest absolute Gasteiger partial charge is 0.497 e. The van der Waals surface area contributed by atoms with Crippen molar-refractivity contribution in [3.63, 3.8) is 0 Å². The van der Waals surface area contributed by atoms with Gasteiger partial charge in [-0.05, 0) is 31.0 Å². The highest BCUT2D eigenvalue weighted by Gasteiger charge is 2.27. The molecule has 0 unspecified atom stereocenters. The average Bonchev–Trinajstić information content (AvgIpc) is 3.22. The first-order valence-corrected chi connectivity index (χ1v) is 10.6. The Morgan fingerprint density at radius 1 is 1.06 bits per heavy atom. The van der Waals surface area contributed by atoms with E-state index in [4.69, 9.17) is 9.72 Å². The Bertz CT molecular complexity index is 1430. The first-order valence-electron chi connectivity index (χ1n) is 10.6. The molecule has 0 spiro atoms. The molecule has 1 aliphatic rings. The third kappa shape index (κ3) is 3.19. The summed E-state index contributed by atoms with van der Waals surface area (Å²) >= 11 is 0. The maximum absolute atomic E-state index is 13.5. The summed E-state index contributed by atoms with van der Waals surface area (Å²) in [5.41, 5.74) is 3.16. The smallest absolute Gasteiger partial charge is 0.332 e. The van der Waals surface area contributed by atoms with Gasteiger partial charge in [0.05, 0.1) is 13.7 Å². The zero-order chi connectivity index (χ0) is 22.4. The van der Waals surface area contributed by atoms with Crippen molar-refractivity contribution < 1.29 is 4.74 Å². The Kier molecular flexibility index (Phi) is 4.84. The SMILES string of the molecule is COc1cccc(N2CCCn3c2nc2c3c(=O)n(Cc3ccc(C)cc3)c(=O)n2C)c1. The molecule has 2 aromatic heterocycles. The number of hydrogen-bond donors (Lipinski definition) is 0. The van der Waals surface area contributed by atoms with Gasteiger partial charge < -0.3 is 14.2 Å². The maximum atomic E-state index is 13.5. The molecule has 1 aliphatic heterocycles. The van der Waals surface area contributed by atoms with Crippen molar-refractivity contribution in [2.75, 3.05) is 18.6 Å². The molecule has 0 aliphatic carbocycles. The molecule has 5 rings (SSSR count). The summed E-state index contributed by atoms with van der Waals surface area (Å²) in [6.07, 6.45) is 0.857. The second-order valence-electron chi connectivity index (χ2n) is 8.16. The minimum Gasteiger partial charge on any atom is -0.497 e. The standard InChI is InChI=1S/C24H25N5O3/c1-16-8-10-17(11-9-16)15-29-22(30)20-21(26(2)24(29)31)25-23-27(12-5-13-28(20)23)18-6-4-7-19(14-18)32-3/h4,6-11,14H,5,12-13,15H2,1-3H3. The van der Waals surface area contributed by atoms with Crippen LogP contribution in [0.1, 0.15) is 17.5 Å². The molecule has 164 valence electrons. The number of aromatic nitrogens is 4. The minimum atomic E-state index is -0.369. The minimum absolute atomic E-state index is 0.224. The van der Waals surface area contributed by atoms with Gasteiger partial charge in [-0.2, -0.15) is 4.98 Å². The molecule has 32 heavy (non-hydrogen) atoms. The number of fused-ring (bicyclic) bond motifs is 3. The van der Waals surface area contributed by atoms with Crippen molar-refractivity contribution in [2.24, 2.45) is 7.05 Å². The number of aryl methyl sites for hydroxylation is 3. The van der Waals surface area contributed by atoms with E-state index >= 15 is 0 Å². The van der Waals surface area contributed by atoms with Gasteiger partial charge in [0.2, 0.25) is 5.95 Å². The molecule has 0 fully saturated rings. The Balaban J connectivity index is 1.68. The third-order valence-electron chi connectivity index (χ3n) is 6.04. The predicted molar refractivity (Wildman–Crippen MR) is 124 cm³/mol. The number of methoxy groups -OCH3 is 1. The molecule has 0 amide bonds. The van der Waals surface area contributed by atoms with E-state index in [1.54, 1.807) is 14.2 Å². The van der Waals surface area contributed by atoms with Crippen LogP contribution in [-0.2, 0) is 20.1 Å². The topological polar surface area (TPSA) is 74.3 Å². The van der Waals surface area contributed by atoms with Gasteiger partial charge >= 0.3 is 5.69 Å². The lowest BCUT2D eigenvalue weighted by atomic mass is 10.1. The molecule has 0 saturated heterocycles. The molecule has 3 heterocycles. The van der Waals surface area contributed by atoms with Crippen LogP contribution in [0.5, 0.6) is 5.75 Å². The van der Waals surface area contributed by atoms with Crippen LogP contribution in [0, 0.1) is 6.92 Å². The second-order valence-corrected chi connectivity index (χ2v) is 8.16. The van der Waals surface area contributed by atoms with E-state index in [9.17, 15) is 9.59 Å². The lowest BCUT2D eigenvalue weighted by molar-refractivity contribution is 0.415. The molecule has 0 radical (unpaired) electrons. The van der Waals surface area contributed by atoms with Crippen LogP contribution in [0.25, 0.3) is 11.2 Å². The van der Waals surface area contributed by atoms with Crippen LogP contribution in [0.3, 0.4) is 0 Å². The van der Waals surface area contributed by atoms with E-state index in [1.165, 1.54) is 9.13 Å². The van der Waals surface area contributed by atoms with Crippen LogP contribution in [0.2, 0.25) is 0 Å². The highest BCUT2D eigenvalue weighted by molar-refractivity contribution is 5.77. The predicted octanol–water partition coefficient (Wildman–Crippen LogP) is 2.80. The van der Waals surface area contributed by atoms with Crippen molar-refractivity contribution >= 4 is 22.8 Å². The normalized spacial score (nSPS) is 13.4. The second kappa shape index (κ2) is 7.71. The first-order chi connectivity index (χ1) is 15.5. The molecular formula is C24H25N5O3. The Morgan fingerprint density at radius 3 is 2.59 bits per heavy atom. The van der Waals surface area contributed by atoms with Gasteiger partial charge in [-0.25, -0.2) is 4.79 Å². The van der Waals surface area contributed by atoms with Crippen LogP contribution in [0.15, 0.2) is 58.1 Å². The van der Waals surface area contributed by atoms with Gasteiger partial charge in [0.1, 0.15) is 5.75 Å². The van der Waals surface area contributed by atoms with Crippen LogP contribution in [-0.4, -0.2) is 32.3 Å². The maximum Gasteiger partial charge on any atom is 0.332 e. The number of ether oxygens (including phenoxy) is 1. The highest BCUT2D eigenvalue weighted by Crippen LogP contribution is 2.32. The monoisotopic (exact) mass is 431 g/mol. The highest BCUT2D eigenvalue weighted by atomic mass is 16.5. The average molecular weight is 431 g/mol. The number of anilines is 2. The molecule has 0 atom stereocenters. The summed E-state index contributed by atoms with van der Waals surface area (Å²) in [4.78, 5) is 33.4. The Hall–Kier alpha value is -3.81. The summed E-state index contributed by atoms with van der Waals surface area (Å²) in [6, 6.07) is 15.6. The molecule has 2 aromatic carbocycles. The van der Waals surface area contributed by atoms with Gasteiger partial charge in [0.15, 0.2) is 11.2 Å². The van der Waals surface area contributed by atoms with Crippen LogP contribution >= 0.6 is 0 Å². The Morgan fingerprint density at radius 2 is 1.84 bits per heavy atom. The summed E-state index contributed by atoms with van der Waals surface area (Å²) < 4.78 is 10.1. The molecule has 8 heteroatoms. The molecule has 8 nitrogen and oxygen atoms in total. The van der Waals surface area contributed by atoms with Crippen molar-refractivity contribution in [3.8, 4) is 5.75 Å². The van der Waals surface area contributed by atoms with Gasteiger partial charge in [-0.15, -0.1) is 0 Å². The Labute approximate surface area is 184 Å². The van der Waals surface area contributed by atoms with Gasteiger partial charge in [-0.3, -0.25) is 13.9 Å². The van der Waals surface area contributed by atoms with E-state index in [1.807, 2.05) is 60.0 Å². The number of rotatable bonds is 4. The quantitative estimate of drug-likeness (QED) is 0.497. The van der Waals surface area contributed by atoms with Crippen molar-refractivity contribution in [1.82, 2.24) is 18.7 Å².